The van der Waals surface area contributed by atoms with Gasteiger partial charge in [-0.3, -0.25) is 0 Å². The lowest BCUT2D eigenvalue weighted by atomic mass is 10.1. The van der Waals surface area contributed by atoms with Gasteiger partial charge in [0.15, 0.2) is 0 Å². The molecule has 0 bridgehead atoms. The molecule has 4 heterocycles. The van der Waals surface area contributed by atoms with Crippen molar-refractivity contribution in [2.45, 2.75) is 71.6 Å². The lowest BCUT2D eigenvalue weighted by Crippen LogP contribution is -2.50. The average Bonchev–Trinajstić information content (AvgIpc) is 3.19. The van der Waals surface area contributed by atoms with E-state index in [1.807, 2.05) is 33.8 Å². The number of ether oxygens (including phenoxy) is 2. The fourth-order valence-corrected chi connectivity index (χ4v) is 5.92. The summed E-state index contributed by atoms with van der Waals surface area (Å²) in [5.41, 5.74) is 3.00. The topological polar surface area (TPSA) is 74.3 Å². The number of amides is 1. The second-order valence-corrected chi connectivity index (χ2v) is 12.2. The van der Waals surface area contributed by atoms with Crippen LogP contribution < -0.4 is 14.5 Å². The van der Waals surface area contributed by atoms with Crippen LogP contribution in [0, 0.1) is 12.7 Å². The van der Waals surface area contributed by atoms with E-state index in [0.717, 1.165) is 55.0 Å². The molecule has 1 atom stereocenters. The van der Waals surface area contributed by atoms with Crippen molar-refractivity contribution in [2.75, 3.05) is 62.7 Å². The van der Waals surface area contributed by atoms with Crippen molar-refractivity contribution in [2.24, 2.45) is 0 Å². The van der Waals surface area contributed by atoms with Gasteiger partial charge in [0.1, 0.15) is 23.8 Å². The highest BCUT2D eigenvalue weighted by atomic mass is 19.1. The zero-order valence-corrected chi connectivity index (χ0v) is 24.6. The number of hydrogen-bond donors (Lipinski definition) is 0. The van der Waals surface area contributed by atoms with Gasteiger partial charge in [-0.2, -0.15) is 9.97 Å². The number of aryl methyl sites for hydroxylation is 1. The van der Waals surface area contributed by atoms with E-state index in [1.54, 1.807) is 11.0 Å². The summed E-state index contributed by atoms with van der Waals surface area (Å²) in [6.07, 6.45) is 3.64. The molecule has 0 aliphatic carbocycles. The fraction of sp³-hybridized carbons (Fsp3) is 0.633. The molecular formula is C30H43FN6O3. The Labute approximate surface area is 237 Å². The summed E-state index contributed by atoms with van der Waals surface area (Å²) in [6, 6.07) is 5.95. The molecule has 1 amide bonds. The number of rotatable bonds is 5. The van der Waals surface area contributed by atoms with Crippen LogP contribution in [-0.2, 0) is 17.7 Å². The van der Waals surface area contributed by atoms with Gasteiger partial charge >= 0.3 is 12.1 Å². The van der Waals surface area contributed by atoms with Crippen molar-refractivity contribution in [3.05, 3.63) is 40.8 Å². The molecule has 3 aliphatic rings. The lowest BCUT2D eigenvalue weighted by molar-refractivity contribution is 0.0240. The number of aromatic nitrogens is 2. The van der Waals surface area contributed by atoms with Gasteiger partial charge in [-0.15, -0.1) is 0 Å². The SMILES string of the molecule is Cc1cccc(F)c1N1CCCc2c(nc(OC[C@@H]3CCCN3C)nc2N2CCN(C(=O)OC(C)(C)C)CC2)C1. The van der Waals surface area contributed by atoms with E-state index in [2.05, 4.69) is 21.7 Å². The molecule has 5 rings (SSSR count). The number of likely N-dealkylation sites (tertiary alicyclic amines) is 1. The summed E-state index contributed by atoms with van der Waals surface area (Å²) in [6.45, 7) is 12.8. The van der Waals surface area contributed by atoms with Gasteiger partial charge in [0.2, 0.25) is 0 Å². The number of nitrogens with zero attached hydrogens (tertiary/aromatic N) is 6. The first-order chi connectivity index (χ1) is 19.1. The maximum absolute atomic E-state index is 15.0. The van der Waals surface area contributed by atoms with Gasteiger partial charge in [-0.25, -0.2) is 9.18 Å². The molecule has 40 heavy (non-hydrogen) atoms. The van der Waals surface area contributed by atoms with Gasteiger partial charge in [0.25, 0.3) is 0 Å². The summed E-state index contributed by atoms with van der Waals surface area (Å²) in [4.78, 5) is 30.9. The predicted molar refractivity (Wildman–Crippen MR) is 154 cm³/mol. The molecule has 2 fully saturated rings. The third kappa shape index (κ3) is 6.43. The number of carbonyl (C=O) groups is 1. The molecule has 0 N–H and O–H groups in total. The Morgan fingerprint density at radius 2 is 1.82 bits per heavy atom. The Hall–Kier alpha value is -3.14. The van der Waals surface area contributed by atoms with E-state index in [4.69, 9.17) is 19.4 Å². The first-order valence-electron chi connectivity index (χ1n) is 14.5. The van der Waals surface area contributed by atoms with E-state index in [0.29, 0.717) is 57.1 Å². The number of anilines is 2. The minimum Gasteiger partial charge on any atom is -0.462 e. The molecule has 218 valence electrons. The maximum Gasteiger partial charge on any atom is 0.410 e. The minimum atomic E-state index is -0.528. The first-order valence-corrected chi connectivity index (χ1v) is 14.5. The van der Waals surface area contributed by atoms with Crippen LogP contribution in [0.2, 0.25) is 0 Å². The van der Waals surface area contributed by atoms with Gasteiger partial charge in [0, 0.05) is 44.3 Å². The Morgan fingerprint density at radius 1 is 1.05 bits per heavy atom. The molecular weight excluding hydrogens is 511 g/mol. The summed E-state index contributed by atoms with van der Waals surface area (Å²) in [5, 5.41) is 0. The summed E-state index contributed by atoms with van der Waals surface area (Å²) in [5.74, 6) is 0.660. The number of likely N-dealkylation sites (N-methyl/N-ethyl adjacent to an activating group) is 1. The monoisotopic (exact) mass is 554 g/mol. The number of carbonyl (C=O) groups excluding carboxylic acids is 1. The number of piperazine rings is 1. The highest BCUT2D eigenvalue weighted by molar-refractivity contribution is 5.68. The van der Waals surface area contributed by atoms with E-state index >= 15 is 0 Å². The van der Waals surface area contributed by atoms with E-state index in [-0.39, 0.29) is 11.9 Å². The van der Waals surface area contributed by atoms with Gasteiger partial charge in [0.05, 0.1) is 17.9 Å². The average molecular weight is 555 g/mol. The zero-order valence-electron chi connectivity index (χ0n) is 24.6. The van der Waals surface area contributed by atoms with Crippen molar-refractivity contribution in [3.63, 3.8) is 0 Å². The van der Waals surface area contributed by atoms with Crippen LogP contribution in [0.25, 0.3) is 0 Å². The number of halogens is 1. The van der Waals surface area contributed by atoms with Gasteiger partial charge in [-0.05, 0) is 78.6 Å². The standard InChI is InChI=1S/C30H43FN6O3/c1-21-9-6-12-24(31)26(21)37-14-8-11-23-25(19-37)32-28(39-20-22-10-7-13-34(22)5)33-27(23)35-15-17-36(18-16-35)29(38)40-30(2,3)4/h6,9,12,22H,7-8,10-11,13-20H2,1-5H3/t22-/m0/s1. The molecule has 0 radical (unpaired) electrons. The highest BCUT2D eigenvalue weighted by Crippen LogP contribution is 2.33. The Kier molecular flexibility index (Phi) is 8.35. The van der Waals surface area contributed by atoms with Crippen LogP contribution in [0.5, 0.6) is 6.01 Å². The smallest absolute Gasteiger partial charge is 0.410 e. The number of benzene rings is 1. The number of para-hydroxylation sites is 1. The van der Waals surface area contributed by atoms with Crippen molar-refractivity contribution in [3.8, 4) is 6.01 Å². The second kappa shape index (κ2) is 11.8. The van der Waals surface area contributed by atoms with Crippen LogP contribution >= 0.6 is 0 Å². The lowest BCUT2D eigenvalue weighted by Gasteiger charge is -2.37. The molecule has 0 unspecified atom stereocenters. The Balaban J connectivity index is 1.41. The molecule has 1 aromatic heterocycles. The quantitative estimate of drug-likeness (QED) is 0.538. The van der Waals surface area contributed by atoms with Gasteiger partial charge in [-0.1, -0.05) is 12.1 Å². The van der Waals surface area contributed by atoms with E-state index < -0.39 is 5.60 Å². The fourth-order valence-electron chi connectivity index (χ4n) is 5.92. The molecule has 2 saturated heterocycles. The van der Waals surface area contributed by atoms with Crippen LogP contribution in [0.1, 0.15) is 56.9 Å². The zero-order chi connectivity index (χ0) is 28.4. The van der Waals surface area contributed by atoms with Crippen LogP contribution in [-0.4, -0.2) is 90.4 Å². The van der Waals surface area contributed by atoms with Crippen LogP contribution in [0.15, 0.2) is 18.2 Å². The van der Waals surface area contributed by atoms with E-state index in [1.165, 1.54) is 12.5 Å². The number of fused-ring (bicyclic) bond motifs is 1. The van der Waals surface area contributed by atoms with Crippen molar-refractivity contribution < 1.29 is 18.7 Å². The maximum atomic E-state index is 15.0. The predicted octanol–water partition coefficient (Wildman–Crippen LogP) is 4.41. The second-order valence-electron chi connectivity index (χ2n) is 12.2. The Morgan fingerprint density at radius 3 is 2.50 bits per heavy atom. The van der Waals surface area contributed by atoms with Crippen molar-refractivity contribution >= 4 is 17.6 Å². The Bertz CT molecular complexity index is 1190. The van der Waals surface area contributed by atoms with Gasteiger partial charge < -0.3 is 29.1 Å². The van der Waals surface area contributed by atoms with Crippen molar-refractivity contribution in [1.29, 1.82) is 0 Å². The molecule has 1 aromatic carbocycles. The highest BCUT2D eigenvalue weighted by Gasteiger charge is 2.31. The molecule has 0 saturated carbocycles. The summed E-state index contributed by atoms with van der Waals surface area (Å²) in [7, 11) is 2.13. The largest absolute Gasteiger partial charge is 0.462 e. The molecule has 2 aromatic rings. The van der Waals surface area contributed by atoms with E-state index in [9.17, 15) is 9.18 Å². The summed E-state index contributed by atoms with van der Waals surface area (Å²) >= 11 is 0. The third-order valence-electron chi connectivity index (χ3n) is 8.06. The minimum absolute atomic E-state index is 0.211. The normalized spacial score (nSPS) is 20.4. The number of hydrogen-bond acceptors (Lipinski definition) is 8. The van der Waals surface area contributed by atoms with Crippen LogP contribution in [0.3, 0.4) is 0 Å². The molecule has 9 nitrogen and oxygen atoms in total. The molecule has 10 heteroatoms. The first kappa shape index (κ1) is 28.4. The van der Waals surface area contributed by atoms with Crippen molar-refractivity contribution in [1.82, 2.24) is 19.8 Å². The molecule has 0 spiro atoms. The third-order valence-corrected chi connectivity index (χ3v) is 8.06. The summed E-state index contributed by atoms with van der Waals surface area (Å²) < 4.78 is 26.8. The van der Waals surface area contributed by atoms with Crippen LogP contribution in [0.4, 0.5) is 20.7 Å². The molecule has 3 aliphatic heterocycles.